The Balaban J connectivity index is 2.17. The first-order chi connectivity index (χ1) is 10.1. The molecular formula is C17H21N3O. The second-order valence-electron chi connectivity index (χ2n) is 5.03. The van der Waals surface area contributed by atoms with Gasteiger partial charge in [-0.05, 0) is 50.6 Å². The van der Waals surface area contributed by atoms with E-state index in [1.807, 2.05) is 57.2 Å². The van der Waals surface area contributed by atoms with Crippen molar-refractivity contribution in [1.82, 2.24) is 10.3 Å². The average molecular weight is 283 g/mol. The lowest BCUT2D eigenvalue weighted by Crippen LogP contribution is -2.28. The number of benzene rings is 1. The Morgan fingerprint density at radius 2 is 2.10 bits per heavy atom. The number of rotatable bonds is 5. The van der Waals surface area contributed by atoms with E-state index in [-0.39, 0.29) is 11.9 Å². The Labute approximate surface area is 125 Å². The lowest BCUT2D eigenvalue weighted by Gasteiger charge is -2.16. The molecule has 4 nitrogen and oxygen atoms in total. The van der Waals surface area contributed by atoms with Gasteiger partial charge in [-0.1, -0.05) is 12.1 Å². The molecule has 1 heterocycles. The molecule has 21 heavy (non-hydrogen) atoms. The van der Waals surface area contributed by atoms with Crippen molar-refractivity contribution in [1.29, 1.82) is 0 Å². The molecule has 0 radical (unpaired) electrons. The number of amides is 1. The number of nitrogens with one attached hydrogen (secondary N) is 2. The molecule has 0 fully saturated rings. The molecule has 1 aromatic carbocycles. The van der Waals surface area contributed by atoms with E-state index < -0.39 is 0 Å². The van der Waals surface area contributed by atoms with E-state index in [1.54, 1.807) is 6.20 Å². The van der Waals surface area contributed by atoms with Gasteiger partial charge in [-0.3, -0.25) is 9.78 Å². The Morgan fingerprint density at radius 3 is 2.76 bits per heavy atom. The fourth-order valence-electron chi connectivity index (χ4n) is 2.17. The molecule has 0 aliphatic rings. The smallest absolute Gasteiger partial charge is 0.253 e. The fraction of sp³-hybridized carbons (Fsp3) is 0.294. The van der Waals surface area contributed by atoms with E-state index in [1.165, 1.54) is 0 Å². The molecule has 2 rings (SSSR count). The SMILES string of the molecule is CCNc1cc(C)ccc1C(=O)NC(C)c1ccccn1. The van der Waals surface area contributed by atoms with Crippen LogP contribution in [0, 0.1) is 6.92 Å². The number of aromatic nitrogens is 1. The molecule has 4 heteroatoms. The van der Waals surface area contributed by atoms with E-state index in [0.717, 1.165) is 23.5 Å². The van der Waals surface area contributed by atoms with E-state index >= 15 is 0 Å². The third-order valence-corrected chi connectivity index (χ3v) is 3.27. The van der Waals surface area contributed by atoms with Crippen molar-refractivity contribution in [3.63, 3.8) is 0 Å². The Kier molecular flexibility index (Phi) is 4.93. The van der Waals surface area contributed by atoms with Gasteiger partial charge in [-0.25, -0.2) is 0 Å². The molecule has 0 aliphatic heterocycles. The Bertz CT molecular complexity index is 611. The number of aryl methyl sites for hydroxylation is 1. The quantitative estimate of drug-likeness (QED) is 0.885. The monoisotopic (exact) mass is 283 g/mol. The van der Waals surface area contributed by atoms with Crippen molar-refractivity contribution >= 4 is 11.6 Å². The first kappa shape index (κ1) is 15.0. The molecule has 0 spiro atoms. The van der Waals surface area contributed by atoms with Crippen LogP contribution in [0.1, 0.15) is 41.5 Å². The van der Waals surface area contributed by atoms with Gasteiger partial charge in [0.1, 0.15) is 0 Å². The summed E-state index contributed by atoms with van der Waals surface area (Å²) in [6.45, 7) is 6.74. The summed E-state index contributed by atoms with van der Waals surface area (Å²) in [6, 6.07) is 11.3. The van der Waals surface area contributed by atoms with Gasteiger partial charge in [0.15, 0.2) is 0 Å². The number of carbonyl (C=O) groups excluding carboxylic acids is 1. The highest BCUT2D eigenvalue weighted by atomic mass is 16.1. The number of nitrogens with zero attached hydrogens (tertiary/aromatic N) is 1. The predicted octanol–water partition coefficient (Wildman–Crippen LogP) is 3.31. The van der Waals surface area contributed by atoms with Crippen LogP contribution in [0.3, 0.4) is 0 Å². The predicted molar refractivity (Wildman–Crippen MR) is 85.5 cm³/mol. The summed E-state index contributed by atoms with van der Waals surface area (Å²) in [5, 5.41) is 6.22. The third-order valence-electron chi connectivity index (χ3n) is 3.27. The van der Waals surface area contributed by atoms with Gasteiger partial charge in [0, 0.05) is 18.4 Å². The summed E-state index contributed by atoms with van der Waals surface area (Å²) in [7, 11) is 0. The molecule has 110 valence electrons. The second-order valence-corrected chi connectivity index (χ2v) is 5.03. The highest BCUT2D eigenvalue weighted by Gasteiger charge is 2.15. The first-order valence-corrected chi connectivity index (χ1v) is 7.18. The minimum Gasteiger partial charge on any atom is -0.385 e. The summed E-state index contributed by atoms with van der Waals surface area (Å²) in [4.78, 5) is 16.7. The zero-order valence-corrected chi connectivity index (χ0v) is 12.7. The number of anilines is 1. The van der Waals surface area contributed by atoms with Crippen LogP contribution in [0.15, 0.2) is 42.6 Å². The average Bonchev–Trinajstić information content (AvgIpc) is 2.48. The highest BCUT2D eigenvalue weighted by molar-refractivity contribution is 5.99. The molecule has 0 bridgehead atoms. The number of hydrogen-bond acceptors (Lipinski definition) is 3. The summed E-state index contributed by atoms with van der Waals surface area (Å²) in [6.07, 6.45) is 1.73. The van der Waals surface area contributed by atoms with Gasteiger partial charge < -0.3 is 10.6 Å². The molecule has 2 N–H and O–H groups in total. The maximum atomic E-state index is 12.5. The first-order valence-electron chi connectivity index (χ1n) is 7.18. The maximum Gasteiger partial charge on any atom is 0.253 e. The van der Waals surface area contributed by atoms with Crippen LogP contribution >= 0.6 is 0 Å². The Morgan fingerprint density at radius 1 is 1.29 bits per heavy atom. The minimum absolute atomic E-state index is 0.0934. The molecule has 1 atom stereocenters. The van der Waals surface area contributed by atoms with Crippen LogP contribution in [-0.4, -0.2) is 17.4 Å². The van der Waals surface area contributed by atoms with Crippen molar-refractivity contribution < 1.29 is 4.79 Å². The largest absolute Gasteiger partial charge is 0.385 e. The van der Waals surface area contributed by atoms with Gasteiger partial charge in [0.2, 0.25) is 0 Å². The second kappa shape index (κ2) is 6.88. The molecule has 1 aromatic heterocycles. The molecule has 1 unspecified atom stereocenters. The Hall–Kier alpha value is -2.36. The van der Waals surface area contributed by atoms with Crippen molar-refractivity contribution in [2.75, 3.05) is 11.9 Å². The van der Waals surface area contributed by atoms with E-state index in [2.05, 4.69) is 15.6 Å². The highest BCUT2D eigenvalue weighted by Crippen LogP contribution is 2.19. The number of carbonyl (C=O) groups is 1. The summed E-state index contributed by atoms with van der Waals surface area (Å²) < 4.78 is 0. The van der Waals surface area contributed by atoms with E-state index in [9.17, 15) is 4.79 Å². The zero-order chi connectivity index (χ0) is 15.2. The topological polar surface area (TPSA) is 54.0 Å². The fourth-order valence-corrected chi connectivity index (χ4v) is 2.17. The maximum absolute atomic E-state index is 12.5. The lowest BCUT2D eigenvalue weighted by atomic mass is 10.1. The van der Waals surface area contributed by atoms with Crippen LogP contribution < -0.4 is 10.6 Å². The van der Waals surface area contributed by atoms with E-state index in [4.69, 9.17) is 0 Å². The third kappa shape index (κ3) is 3.81. The standard InChI is InChI=1S/C17H21N3O/c1-4-18-16-11-12(2)8-9-14(16)17(21)20-13(3)15-7-5-6-10-19-15/h5-11,13,18H,4H2,1-3H3,(H,20,21). The van der Waals surface area contributed by atoms with Gasteiger partial charge >= 0.3 is 0 Å². The number of hydrogen-bond donors (Lipinski definition) is 2. The van der Waals surface area contributed by atoms with Gasteiger partial charge in [0.05, 0.1) is 17.3 Å². The van der Waals surface area contributed by atoms with E-state index in [0.29, 0.717) is 5.56 Å². The van der Waals surface area contributed by atoms with Crippen molar-refractivity contribution in [3.8, 4) is 0 Å². The molecular weight excluding hydrogens is 262 g/mol. The van der Waals surface area contributed by atoms with Gasteiger partial charge in [-0.2, -0.15) is 0 Å². The molecule has 2 aromatic rings. The van der Waals surface area contributed by atoms with Crippen molar-refractivity contribution in [2.45, 2.75) is 26.8 Å². The minimum atomic E-state index is -0.130. The molecule has 1 amide bonds. The number of pyridine rings is 1. The van der Waals surface area contributed by atoms with Crippen LogP contribution in [-0.2, 0) is 0 Å². The summed E-state index contributed by atoms with van der Waals surface area (Å²) in [5.41, 5.74) is 3.50. The normalized spacial score (nSPS) is 11.8. The van der Waals surface area contributed by atoms with Crippen LogP contribution in [0.2, 0.25) is 0 Å². The van der Waals surface area contributed by atoms with Crippen LogP contribution in [0.25, 0.3) is 0 Å². The van der Waals surface area contributed by atoms with Gasteiger partial charge in [0.25, 0.3) is 5.91 Å². The van der Waals surface area contributed by atoms with Crippen molar-refractivity contribution in [2.24, 2.45) is 0 Å². The zero-order valence-electron chi connectivity index (χ0n) is 12.7. The molecule has 0 aliphatic carbocycles. The summed E-state index contributed by atoms with van der Waals surface area (Å²) in [5.74, 6) is -0.0934. The molecule has 0 saturated carbocycles. The van der Waals surface area contributed by atoms with Crippen molar-refractivity contribution in [3.05, 3.63) is 59.4 Å². The van der Waals surface area contributed by atoms with Gasteiger partial charge in [-0.15, -0.1) is 0 Å². The lowest BCUT2D eigenvalue weighted by molar-refractivity contribution is 0.0940. The van der Waals surface area contributed by atoms with Crippen LogP contribution in [0.4, 0.5) is 5.69 Å². The van der Waals surface area contributed by atoms with Crippen LogP contribution in [0.5, 0.6) is 0 Å². The molecule has 0 saturated heterocycles. The summed E-state index contributed by atoms with van der Waals surface area (Å²) >= 11 is 0.